The minimum Gasteiger partial charge on any atom is -0.461 e. The Labute approximate surface area is 748 Å². The molecule has 14 rings (SSSR count). The van der Waals surface area contributed by atoms with Crippen LogP contribution in [0.3, 0.4) is 0 Å². The van der Waals surface area contributed by atoms with Crippen molar-refractivity contribution in [2.45, 2.75) is 52.4 Å². The lowest BCUT2D eigenvalue weighted by Gasteiger charge is -2.10. The lowest BCUT2D eigenvalue weighted by Crippen LogP contribution is -2.30. The van der Waals surface area contributed by atoms with E-state index in [0.717, 1.165) is 43.1 Å². The fraction of sp³-hybridized carbons (Fsp3) is 0.170. The monoisotopic (exact) mass is 1780 g/mol. The molecule has 2 aliphatic rings. The van der Waals surface area contributed by atoms with E-state index >= 15 is 0 Å². The molecule has 12 aromatic rings. The number of imide groups is 2. The van der Waals surface area contributed by atoms with Gasteiger partial charge < -0.3 is 50.5 Å². The lowest BCUT2D eigenvalue weighted by atomic mass is 10.1. The molecule has 30 nitrogen and oxygen atoms in total. The molecule has 10 aromatic carbocycles. The summed E-state index contributed by atoms with van der Waals surface area (Å²) in [5, 5.41) is 52.1. The van der Waals surface area contributed by atoms with E-state index in [9.17, 15) is 52.7 Å². The summed E-state index contributed by atoms with van der Waals surface area (Å²) < 4.78 is 19.2. The van der Waals surface area contributed by atoms with Gasteiger partial charge >= 0.3 is 11.9 Å². The van der Waals surface area contributed by atoms with E-state index < -0.39 is 28.3 Å². The zero-order valence-electron chi connectivity index (χ0n) is 68.6. The van der Waals surface area contributed by atoms with Crippen LogP contribution in [0.2, 0.25) is 0 Å². The Kier molecular flexibility index (Phi) is 47.2. The molecular weight excluding hydrogens is 1690 g/mol. The fourth-order valence-corrected chi connectivity index (χ4v) is 11.1. The van der Waals surface area contributed by atoms with Crippen LogP contribution in [-0.4, -0.2) is 153 Å². The maximum atomic E-state index is 12.2. The molecule has 2 aliphatic heterocycles. The number of nitrogens with two attached hydrogens (primary N) is 1. The van der Waals surface area contributed by atoms with Crippen LogP contribution in [-0.2, 0) is 27.1 Å². The molecule has 0 bridgehead atoms. The number of aliphatic hydroxyl groups is 1. The zero-order valence-corrected chi connectivity index (χ0v) is 71.0. The van der Waals surface area contributed by atoms with E-state index in [1.165, 1.54) is 22.5 Å². The van der Waals surface area contributed by atoms with Crippen molar-refractivity contribution in [3.63, 3.8) is 0 Å². The summed E-state index contributed by atoms with van der Waals surface area (Å²) >= 11 is 10.4. The van der Waals surface area contributed by atoms with Crippen molar-refractivity contribution in [1.29, 1.82) is 11.1 Å². The predicted octanol–water partition coefficient (Wildman–Crippen LogP) is 14.4. The number of rotatable bonds is 21. The van der Waals surface area contributed by atoms with E-state index in [0.29, 0.717) is 127 Å². The van der Waals surface area contributed by atoms with Gasteiger partial charge in [-0.15, -0.1) is 61.8 Å². The van der Waals surface area contributed by atoms with E-state index in [-0.39, 0.29) is 86.4 Å². The molecule has 0 atom stereocenters. The number of benzene rings is 10. The van der Waals surface area contributed by atoms with Crippen molar-refractivity contribution in [3.8, 4) is 49.4 Å². The van der Waals surface area contributed by atoms with Gasteiger partial charge in [0.1, 0.15) is 11.5 Å². The third kappa shape index (κ3) is 34.0. The SMILES string of the molecule is C#CCCN.C#CCCN1C(=O)c2ccccc2C1=O.C#CCCNC(=O)c1ccc2ccccc2c1.C#CCCO.CCOC(=O)/C(Cl)=N/O.CCOC(=O)c1cc(CCNC(=O)c2ccc3ccccc3c2)on1.Cl.N=N.O=C(Cl)c1ccc2ccccc2c1.O=C(NCCc1cc(C(=O)NO)no1)c1ccc2ccccc2c1.O=C1NC(=O)c2ccccc21.[HH]. The third-order valence-electron chi connectivity index (χ3n) is 16.9. The highest BCUT2D eigenvalue weighted by Crippen LogP contribution is 2.24. The van der Waals surface area contributed by atoms with Crippen molar-refractivity contribution in [2.75, 3.05) is 52.5 Å². The smallest absolute Gasteiger partial charge is 0.372 e. The summed E-state index contributed by atoms with van der Waals surface area (Å²) in [5.41, 5.74) is 20.9. The quantitative estimate of drug-likeness (QED) is 0.00304. The third-order valence-corrected chi connectivity index (χ3v) is 17.3. The van der Waals surface area contributed by atoms with Crippen LogP contribution >= 0.6 is 35.6 Å². The number of esters is 2. The number of amides is 8. The second-order valence-corrected chi connectivity index (χ2v) is 26.1. The number of fused-ring (bicyclic) bond motifs is 6. The Balaban J connectivity index is 0.000000384. The maximum Gasteiger partial charge on any atom is 0.372 e. The maximum absolute atomic E-state index is 12.2. The van der Waals surface area contributed by atoms with Crippen molar-refractivity contribution in [2.24, 2.45) is 10.9 Å². The summed E-state index contributed by atoms with van der Waals surface area (Å²) in [6, 6.07) is 70.2. The molecule has 12 N–H and O–H groups in total. The Morgan fingerprint density at radius 1 is 0.488 bits per heavy atom. The van der Waals surface area contributed by atoms with E-state index in [2.05, 4.69) is 65.2 Å². The number of nitrogens with zero attached hydrogens (tertiary/aromatic N) is 4. The fourth-order valence-electron chi connectivity index (χ4n) is 10.9. The molecule has 0 radical (unpaired) electrons. The first-order valence-corrected chi connectivity index (χ1v) is 39.0. The number of aliphatic hydroxyl groups excluding tert-OH is 1. The minimum absolute atomic E-state index is 0. The van der Waals surface area contributed by atoms with Crippen molar-refractivity contribution >= 4 is 148 Å². The summed E-state index contributed by atoms with van der Waals surface area (Å²) in [4.78, 5) is 127. The van der Waals surface area contributed by atoms with Crippen LogP contribution in [0, 0.1) is 60.4 Å². The van der Waals surface area contributed by atoms with Crippen LogP contribution in [0.25, 0.3) is 43.1 Å². The van der Waals surface area contributed by atoms with Gasteiger partial charge in [0.25, 0.3) is 57.7 Å². The van der Waals surface area contributed by atoms with Crippen LogP contribution in [0.15, 0.2) is 245 Å². The summed E-state index contributed by atoms with van der Waals surface area (Å²) in [6.45, 7) is 6.08. The number of nitrogens with one attached hydrogen (secondary N) is 7. The number of hydrogen-bond donors (Lipinski definition) is 11. The van der Waals surface area contributed by atoms with Crippen LogP contribution < -0.4 is 32.5 Å². The standard InChI is InChI=1S/C19H18N2O4.C17H15N3O4.C15H13NO.C12H9NO2.C11H7ClO.C8H5NO2.C4H6ClNO3.C4H7N.C4H6O.ClH.H2N2.H2/c1-2-24-19(23)17-12-16(25-21-17)9-10-20-18(22)15-8-7-13-5-3-4-6-14(13)11-15;21-16(13-6-5-11-3-1-2-4-12(11)9-13)18-8-7-14-10-15(20-24-14)17(22)19-23;1-2-3-10-16-15(17)14-9-8-12-6-4-5-7-13(12)11-14;1-2-3-8-13-11(14)9-6-4-5-7-10(9)12(13)15;12-11(13)10-6-5-8-3-1-2-4-9(8)7-10;10-7-5-3-1-2-4-6(5)8(11)9-7;1-2-9-4(7)3(5)6-8;2*1-2-3-4-5;;1-2;/h3-8,11-12H,2,9-10H2,1H3,(H,20,22);1-6,9-10,23H,7-8H2,(H,18,21)(H,19,22);1,4-9,11H,3,10H2,(H,16,17);1,4-7H,3,8H2;1-7H;1-4H,(H,9,10,11);8H,2H2,1H3;1H,3-5H2;1,5H,3-4H2;1H;1-2H;1H/b;;;;;;6-3-;;;;;. The molecule has 0 unspecified atom stereocenters. The number of halogens is 3. The molecule has 0 saturated heterocycles. The Morgan fingerprint density at radius 2 is 0.843 bits per heavy atom. The van der Waals surface area contributed by atoms with E-state index in [1.54, 1.807) is 86.6 Å². The average molecular weight is 1780 g/mol. The molecule has 8 amide bonds. The average Bonchev–Trinajstić information content (AvgIpc) is 1.66. The van der Waals surface area contributed by atoms with Crippen LogP contribution in [0.5, 0.6) is 0 Å². The normalized spacial score (nSPS) is 10.7. The first-order chi connectivity index (χ1) is 61.0. The Hall–Kier alpha value is -15.5. The second kappa shape index (κ2) is 57.7. The Bertz CT molecular complexity index is 5890. The number of hydrogen-bond acceptors (Lipinski definition) is 24. The molecule has 0 spiro atoms. The number of hydroxylamine groups is 1. The second-order valence-electron chi connectivity index (χ2n) is 25.4. The zero-order chi connectivity index (χ0) is 92.1. The predicted molar refractivity (Wildman–Crippen MR) is 485 cm³/mol. The van der Waals surface area contributed by atoms with E-state index in [1.807, 2.05) is 146 Å². The van der Waals surface area contributed by atoms with Crippen LogP contribution in [0.4, 0.5) is 0 Å². The van der Waals surface area contributed by atoms with Gasteiger partial charge in [-0.2, -0.15) is 0 Å². The number of oxime groups is 1. The molecule has 0 fully saturated rings. The molecular formula is C94H91Cl3N12O18. The highest BCUT2D eigenvalue weighted by atomic mass is 35.5. The highest BCUT2D eigenvalue weighted by molar-refractivity contribution is 6.81. The number of carbonyl (C=O) groups excluding carboxylic acids is 11. The molecule has 4 heterocycles. The van der Waals surface area contributed by atoms with Gasteiger partial charge in [-0.05, 0) is 141 Å². The minimum atomic E-state index is -0.818. The van der Waals surface area contributed by atoms with Crippen molar-refractivity contribution < 1.29 is 88.2 Å². The van der Waals surface area contributed by atoms with Gasteiger partial charge in [-0.1, -0.05) is 173 Å². The Morgan fingerprint density at radius 3 is 1.19 bits per heavy atom. The number of ether oxygens (including phenoxy) is 2. The van der Waals surface area contributed by atoms with Gasteiger partial charge in [0, 0.05) is 107 Å². The number of terminal acetylenes is 4. The largest absolute Gasteiger partial charge is 0.461 e. The van der Waals surface area contributed by atoms with Gasteiger partial charge in [-0.3, -0.25) is 58.6 Å². The van der Waals surface area contributed by atoms with Crippen LogP contribution in [0.1, 0.15) is 156 Å². The lowest BCUT2D eigenvalue weighted by molar-refractivity contribution is -0.134. The van der Waals surface area contributed by atoms with Crippen molar-refractivity contribution in [3.05, 3.63) is 298 Å². The van der Waals surface area contributed by atoms with Gasteiger partial charge in [0.2, 0.25) is 0 Å². The molecule has 33 heteroatoms. The first-order valence-electron chi connectivity index (χ1n) is 38.3. The number of aromatic nitrogens is 2. The molecule has 656 valence electrons. The molecule has 0 aliphatic carbocycles. The highest BCUT2D eigenvalue weighted by Gasteiger charge is 2.34. The summed E-state index contributed by atoms with van der Waals surface area (Å²) in [7, 11) is 0. The molecule has 0 saturated carbocycles. The summed E-state index contributed by atoms with van der Waals surface area (Å²) in [6.07, 6.45) is 22.7. The topological polar surface area (TPSA) is 468 Å². The first kappa shape index (κ1) is 104. The molecule has 127 heavy (non-hydrogen) atoms. The van der Waals surface area contributed by atoms with E-state index in [4.69, 9.17) is 95.0 Å². The molecule has 2 aromatic heterocycles. The van der Waals surface area contributed by atoms with Gasteiger partial charge in [-0.25, -0.2) is 26.1 Å². The van der Waals surface area contributed by atoms with Gasteiger partial charge in [0.15, 0.2) is 11.4 Å². The summed E-state index contributed by atoms with van der Waals surface area (Å²) in [5.74, 6) is 6.93. The van der Waals surface area contributed by atoms with Gasteiger partial charge in [0.05, 0.1) is 42.1 Å². The van der Waals surface area contributed by atoms with Crippen molar-refractivity contribution in [1.82, 2.24) is 42.0 Å². The number of carbonyl (C=O) groups is 11.